The summed E-state index contributed by atoms with van der Waals surface area (Å²) < 4.78 is 28.6. The third-order valence-electron chi connectivity index (χ3n) is 6.83. The van der Waals surface area contributed by atoms with Gasteiger partial charge in [0.15, 0.2) is 0 Å². The van der Waals surface area contributed by atoms with Gasteiger partial charge in [-0.1, -0.05) is 38.0 Å². The largest absolute Gasteiger partial charge is 0.325 e. The summed E-state index contributed by atoms with van der Waals surface area (Å²) in [4.78, 5) is 39.3. The molecule has 4 amide bonds. The van der Waals surface area contributed by atoms with Crippen LogP contribution in [0.15, 0.2) is 47.4 Å². The Morgan fingerprint density at radius 2 is 1.89 bits per heavy atom. The molecule has 1 saturated carbocycles. The molecule has 2 aliphatic rings. The third kappa shape index (κ3) is 4.88. The molecular formula is C25H30N4O5S. The van der Waals surface area contributed by atoms with E-state index in [0.717, 1.165) is 29.7 Å². The van der Waals surface area contributed by atoms with Crippen molar-refractivity contribution in [3.8, 4) is 0 Å². The van der Waals surface area contributed by atoms with Gasteiger partial charge in [-0.3, -0.25) is 19.2 Å². The molecule has 0 unspecified atom stereocenters. The maximum absolute atomic E-state index is 13.1. The highest BCUT2D eigenvalue weighted by atomic mass is 32.2. The van der Waals surface area contributed by atoms with Crippen LogP contribution in [-0.4, -0.2) is 43.2 Å². The molecule has 1 spiro atoms. The molecule has 0 radical (unpaired) electrons. The Kier molecular flexibility index (Phi) is 6.59. The second-order valence-corrected chi connectivity index (χ2v) is 11.1. The van der Waals surface area contributed by atoms with E-state index in [1.54, 1.807) is 37.3 Å². The number of aryl methyl sites for hydroxylation is 2. The molecule has 1 aliphatic heterocycles. The van der Waals surface area contributed by atoms with Crippen molar-refractivity contribution in [3.05, 3.63) is 53.6 Å². The number of rotatable bonds is 6. The Morgan fingerprint density at radius 1 is 1.11 bits per heavy atom. The van der Waals surface area contributed by atoms with E-state index in [4.69, 9.17) is 0 Å². The SMILES string of the molecule is Cc1cccc(NS(=O)(=O)c2cc(NC(=O)CN3C(=O)N[C@@]4(CCCC[C@@H]4C)C3=O)ccc2C)c1. The molecule has 3 N–H and O–H groups in total. The zero-order valence-electron chi connectivity index (χ0n) is 20.1. The van der Waals surface area contributed by atoms with Crippen molar-refractivity contribution in [3.63, 3.8) is 0 Å². The van der Waals surface area contributed by atoms with E-state index < -0.39 is 34.0 Å². The van der Waals surface area contributed by atoms with E-state index >= 15 is 0 Å². The lowest BCUT2D eigenvalue weighted by molar-refractivity contribution is -0.136. The maximum atomic E-state index is 13.1. The summed E-state index contributed by atoms with van der Waals surface area (Å²) >= 11 is 0. The Bertz CT molecular complexity index is 1290. The van der Waals surface area contributed by atoms with E-state index in [1.165, 1.54) is 6.07 Å². The zero-order chi connectivity index (χ0) is 25.4. The van der Waals surface area contributed by atoms with Gasteiger partial charge >= 0.3 is 6.03 Å². The first-order chi connectivity index (χ1) is 16.5. The number of benzene rings is 2. The number of sulfonamides is 1. The predicted molar refractivity (Wildman–Crippen MR) is 132 cm³/mol. The first-order valence-electron chi connectivity index (χ1n) is 11.7. The first-order valence-corrected chi connectivity index (χ1v) is 13.1. The van der Waals surface area contributed by atoms with Crippen LogP contribution in [0.5, 0.6) is 0 Å². The van der Waals surface area contributed by atoms with Gasteiger partial charge in [-0.25, -0.2) is 13.2 Å². The van der Waals surface area contributed by atoms with Gasteiger partial charge in [0.05, 0.1) is 4.90 Å². The Morgan fingerprint density at radius 3 is 2.60 bits per heavy atom. The summed E-state index contributed by atoms with van der Waals surface area (Å²) in [6.45, 7) is 5.02. The van der Waals surface area contributed by atoms with Crippen LogP contribution in [0.3, 0.4) is 0 Å². The fourth-order valence-corrected chi connectivity index (χ4v) is 6.19. The van der Waals surface area contributed by atoms with Crippen LogP contribution in [0.2, 0.25) is 0 Å². The Balaban J connectivity index is 1.48. The average molecular weight is 499 g/mol. The standard InChI is InChI=1S/C25H30N4O5S/c1-16-7-6-9-20(13-16)28-35(33,34)21-14-19(11-10-17(21)2)26-22(30)15-29-23(31)25(27-24(29)32)12-5-4-8-18(25)3/h6-7,9-11,13-14,18,28H,4-5,8,12,15H2,1-3H3,(H,26,30)(H,27,32)/t18-,25+/m0/s1. The van der Waals surface area contributed by atoms with Crippen LogP contribution in [0.4, 0.5) is 16.2 Å². The molecule has 2 aromatic carbocycles. The van der Waals surface area contributed by atoms with Crippen LogP contribution in [0.25, 0.3) is 0 Å². The molecule has 1 heterocycles. The van der Waals surface area contributed by atoms with Gasteiger partial charge in [0, 0.05) is 11.4 Å². The molecule has 0 aromatic heterocycles. The van der Waals surface area contributed by atoms with Crippen molar-refractivity contribution in [1.82, 2.24) is 10.2 Å². The van der Waals surface area contributed by atoms with Gasteiger partial charge in [0.25, 0.3) is 15.9 Å². The minimum Gasteiger partial charge on any atom is -0.324 e. The van der Waals surface area contributed by atoms with Crippen molar-refractivity contribution in [1.29, 1.82) is 0 Å². The predicted octanol–water partition coefficient (Wildman–Crippen LogP) is 3.54. The number of nitrogens with one attached hydrogen (secondary N) is 3. The smallest absolute Gasteiger partial charge is 0.324 e. The van der Waals surface area contributed by atoms with Crippen LogP contribution in [-0.2, 0) is 19.6 Å². The van der Waals surface area contributed by atoms with Crippen molar-refractivity contribution < 1.29 is 22.8 Å². The summed E-state index contributed by atoms with van der Waals surface area (Å²) in [5.41, 5.74) is 1.15. The first kappa shape index (κ1) is 24.7. The lowest BCUT2D eigenvalue weighted by Crippen LogP contribution is -2.54. The third-order valence-corrected chi connectivity index (χ3v) is 8.36. The number of carbonyl (C=O) groups excluding carboxylic acids is 3. The fraction of sp³-hybridized carbons (Fsp3) is 0.400. The average Bonchev–Trinajstić information content (AvgIpc) is 3.01. The van der Waals surface area contributed by atoms with E-state index in [0.29, 0.717) is 17.7 Å². The summed E-state index contributed by atoms with van der Waals surface area (Å²) in [6.07, 6.45) is 3.24. The quantitative estimate of drug-likeness (QED) is 0.526. The van der Waals surface area contributed by atoms with Crippen LogP contribution < -0.4 is 15.4 Å². The number of nitrogens with zero attached hydrogens (tertiary/aromatic N) is 1. The summed E-state index contributed by atoms with van der Waals surface area (Å²) in [5.74, 6) is -0.973. The van der Waals surface area contributed by atoms with Crippen molar-refractivity contribution >= 4 is 39.2 Å². The normalized spacial score (nSPS) is 22.3. The zero-order valence-corrected chi connectivity index (χ0v) is 20.9. The van der Waals surface area contributed by atoms with Crippen LogP contribution in [0.1, 0.15) is 43.7 Å². The number of amides is 4. The van der Waals surface area contributed by atoms with Gasteiger partial charge in [-0.2, -0.15) is 0 Å². The van der Waals surface area contributed by atoms with Crippen molar-refractivity contribution in [2.24, 2.45) is 5.92 Å². The number of hydrogen-bond acceptors (Lipinski definition) is 5. The van der Waals surface area contributed by atoms with E-state index in [2.05, 4.69) is 15.4 Å². The summed E-state index contributed by atoms with van der Waals surface area (Å²) in [6, 6.07) is 10.9. The molecular weight excluding hydrogens is 468 g/mol. The van der Waals surface area contributed by atoms with Crippen molar-refractivity contribution in [2.75, 3.05) is 16.6 Å². The number of carbonyl (C=O) groups is 3. The molecule has 0 bridgehead atoms. The maximum Gasteiger partial charge on any atom is 0.325 e. The summed E-state index contributed by atoms with van der Waals surface area (Å²) in [5, 5.41) is 5.44. The second-order valence-electron chi connectivity index (χ2n) is 9.44. The Hall–Kier alpha value is -3.40. The van der Waals surface area contributed by atoms with E-state index in [1.807, 2.05) is 19.9 Å². The van der Waals surface area contributed by atoms with Crippen molar-refractivity contribution in [2.45, 2.75) is 56.9 Å². The lowest BCUT2D eigenvalue weighted by Gasteiger charge is -2.36. The topological polar surface area (TPSA) is 125 Å². The van der Waals surface area contributed by atoms with Crippen LogP contribution in [0, 0.1) is 19.8 Å². The van der Waals surface area contributed by atoms with E-state index in [9.17, 15) is 22.8 Å². The highest BCUT2D eigenvalue weighted by Gasteiger charge is 2.55. The summed E-state index contributed by atoms with van der Waals surface area (Å²) in [7, 11) is -3.91. The molecule has 10 heteroatoms. The molecule has 1 saturated heterocycles. The molecule has 9 nitrogen and oxygen atoms in total. The second kappa shape index (κ2) is 9.33. The molecule has 1 aliphatic carbocycles. The van der Waals surface area contributed by atoms with Gasteiger partial charge in [0.2, 0.25) is 5.91 Å². The number of imide groups is 1. The number of anilines is 2. The highest BCUT2D eigenvalue weighted by molar-refractivity contribution is 7.92. The van der Waals surface area contributed by atoms with Crippen LogP contribution >= 0.6 is 0 Å². The Labute approximate surface area is 205 Å². The minimum absolute atomic E-state index is 0.00785. The van der Waals surface area contributed by atoms with Gasteiger partial charge in [0.1, 0.15) is 12.1 Å². The molecule has 35 heavy (non-hydrogen) atoms. The minimum atomic E-state index is -3.91. The van der Waals surface area contributed by atoms with E-state index in [-0.39, 0.29) is 22.4 Å². The van der Waals surface area contributed by atoms with Gasteiger partial charge in [-0.05, 0) is 68.0 Å². The monoisotopic (exact) mass is 498 g/mol. The molecule has 186 valence electrons. The van der Waals surface area contributed by atoms with Gasteiger partial charge < -0.3 is 10.6 Å². The number of hydrogen-bond donors (Lipinski definition) is 3. The molecule has 2 aromatic rings. The highest BCUT2D eigenvalue weighted by Crippen LogP contribution is 2.38. The lowest BCUT2D eigenvalue weighted by atomic mass is 9.73. The number of urea groups is 1. The van der Waals surface area contributed by atoms with Gasteiger partial charge in [-0.15, -0.1) is 0 Å². The fourth-order valence-electron chi connectivity index (χ4n) is 4.87. The molecule has 4 rings (SSSR count). The molecule has 2 atom stereocenters. The molecule has 2 fully saturated rings.